The average Bonchev–Trinajstić information content (AvgIpc) is 3.17. The van der Waals surface area contributed by atoms with Crippen molar-refractivity contribution in [3.05, 3.63) is 53.6 Å². The molecular weight excluding hydrogens is 380 g/mol. The summed E-state index contributed by atoms with van der Waals surface area (Å²) in [5.74, 6) is 0.0853. The molecule has 0 spiro atoms. The van der Waals surface area contributed by atoms with Crippen molar-refractivity contribution in [2.24, 2.45) is 0 Å². The lowest BCUT2D eigenvalue weighted by atomic mass is 10.1. The van der Waals surface area contributed by atoms with Crippen LogP contribution in [0.5, 0.6) is 0 Å². The van der Waals surface area contributed by atoms with E-state index in [1.165, 1.54) is 0 Å². The van der Waals surface area contributed by atoms with Gasteiger partial charge in [0.15, 0.2) is 0 Å². The maximum Gasteiger partial charge on any atom is 0.253 e. The Morgan fingerprint density at radius 2 is 1.96 bits per heavy atom. The lowest BCUT2D eigenvalue weighted by Gasteiger charge is -2.15. The maximum absolute atomic E-state index is 13.0. The summed E-state index contributed by atoms with van der Waals surface area (Å²) in [4.78, 5) is 31.9. The summed E-state index contributed by atoms with van der Waals surface area (Å²) in [6, 6.07) is 13.9. The molecule has 2 aromatic carbocycles. The number of amides is 2. The Balaban J connectivity index is 1.64. The van der Waals surface area contributed by atoms with Gasteiger partial charge < -0.3 is 10.1 Å². The zero-order valence-electron chi connectivity index (χ0n) is 15.3. The molecule has 4 rings (SSSR count). The number of imidazole rings is 1. The van der Waals surface area contributed by atoms with Crippen molar-refractivity contribution in [3.63, 3.8) is 0 Å². The van der Waals surface area contributed by atoms with Gasteiger partial charge in [-0.05, 0) is 24.3 Å². The molecule has 0 bridgehead atoms. The first kappa shape index (κ1) is 18.5. The molecule has 8 heteroatoms. The molecule has 28 heavy (non-hydrogen) atoms. The molecule has 144 valence electrons. The minimum absolute atomic E-state index is 0.0130. The number of methoxy groups -OCH3 is 1. The largest absolute Gasteiger partial charge is 0.383 e. The summed E-state index contributed by atoms with van der Waals surface area (Å²) in [5, 5.41) is 3.23. The first-order chi connectivity index (χ1) is 13.6. The van der Waals surface area contributed by atoms with Gasteiger partial charge >= 0.3 is 0 Å². The molecule has 0 saturated heterocycles. The predicted octanol–water partition coefficient (Wildman–Crippen LogP) is 3.25. The normalized spacial score (nSPS) is 15.9. The molecule has 1 aliphatic heterocycles. The minimum Gasteiger partial charge on any atom is -0.383 e. The summed E-state index contributed by atoms with van der Waals surface area (Å²) in [6.45, 7) is 0.759. The first-order valence-electron chi connectivity index (χ1n) is 8.92. The van der Waals surface area contributed by atoms with Crippen LogP contribution in [0, 0.1) is 0 Å². The van der Waals surface area contributed by atoms with Crippen molar-refractivity contribution in [1.29, 1.82) is 0 Å². The van der Waals surface area contributed by atoms with Crippen LogP contribution in [-0.2, 0) is 14.3 Å². The van der Waals surface area contributed by atoms with E-state index < -0.39 is 6.04 Å². The van der Waals surface area contributed by atoms with Crippen molar-refractivity contribution < 1.29 is 14.3 Å². The summed E-state index contributed by atoms with van der Waals surface area (Å²) >= 11 is 6.12. The number of para-hydroxylation sites is 3. The number of carbonyl (C=O) groups excluding carboxylic acids is 2. The van der Waals surface area contributed by atoms with E-state index in [1.54, 1.807) is 36.3 Å². The van der Waals surface area contributed by atoms with Crippen molar-refractivity contribution in [3.8, 4) is 0 Å². The lowest BCUT2D eigenvalue weighted by molar-refractivity contribution is -0.124. The van der Waals surface area contributed by atoms with Crippen LogP contribution in [0.1, 0.15) is 12.5 Å². The van der Waals surface area contributed by atoms with Crippen LogP contribution in [-0.4, -0.2) is 41.6 Å². The van der Waals surface area contributed by atoms with Gasteiger partial charge in [0.2, 0.25) is 11.9 Å². The van der Waals surface area contributed by atoms with Gasteiger partial charge in [-0.1, -0.05) is 35.9 Å². The summed E-state index contributed by atoms with van der Waals surface area (Å²) in [7, 11) is 1.58. The molecule has 1 aliphatic rings. The number of hydrogen-bond donors (Lipinski definition) is 1. The van der Waals surface area contributed by atoms with Gasteiger partial charge in [-0.25, -0.2) is 4.98 Å². The van der Waals surface area contributed by atoms with E-state index in [4.69, 9.17) is 16.3 Å². The van der Waals surface area contributed by atoms with Gasteiger partial charge in [0.1, 0.15) is 6.04 Å². The topological polar surface area (TPSA) is 76.5 Å². The number of hydrogen-bond acceptors (Lipinski definition) is 4. The lowest BCUT2D eigenvalue weighted by Crippen LogP contribution is -2.33. The Kier molecular flexibility index (Phi) is 5.02. The molecule has 2 amide bonds. The highest BCUT2D eigenvalue weighted by Crippen LogP contribution is 2.36. The minimum atomic E-state index is -0.665. The van der Waals surface area contributed by atoms with Crippen LogP contribution in [0.15, 0.2) is 48.5 Å². The molecule has 1 unspecified atom stereocenters. The molecule has 1 aromatic heterocycles. The first-order valence-corrected chi connectivity index (χ1v) is 9.29. The number of benzene rings is 2. The molecule has 1 atom stereocenters. The van der Waals surface area contributed by atoms with E-state index in [9.17, 15) is 9.59 Å². The Morgan fingerprint density at radius 3 is 2.75 bits per heavy atom. The zero-order valence-corrected chi connectivity index (χ0v) is 16.0. The highest BCUT2D eigenvalue weighted by molar-refractivity contribution is 6.33. The Labute approximate surface area is 166 Å². The zero-order chi connectivity index (χ0) is 19.7. The van der Waals surface area contributed by atoms with Crippen LogP contribution in [0.2, 0.25) is 5.02 Å². The van der Waals surface area contributed by atoms with Crippen molar-refractivity contribution in [2.75, 3.05) is 30.5 Å². The van der Waals surface area contributed by atoms with E-state index in [0.29, 0.717) is 29.8 Å². The fourth-order valence-corrected chi connectivity index (χ4v) is 3.61. The second-order valence-electron chi connectivity index (χ2n) is 6.50. The standard InChI is InChI=1S/C20H19ClN4O3/c1-28-11-10-24-19(27)17(12-18(26)22-14-7-3-2-6-13(14)21)25-16-9-5-4-8-15(16)23-20(24)25/h2-9,17H,10-12H2,1H3,(H,22,26). The van der Waals surface area contributed by atoms with E-state index in [-0.39, 0.29) is 18.2 Å². The van der Waals surface area contributed by atoms with Crippen molar-refractivity contribution >= 4 is 46.1 Å². The SMILES string of the molecule is COCCN1C(=O)C(CC(=O)Nc2ccccc2Cl)n2c1nc1ccccc12. The quantitative estimate of drug-likeness (QED) is 0.691. The van der Waals surface area contributed by atoms with Gasteiger partial charge in [-0.2, -0.15) is 0 Å². The van der Waals surface area contributed by atoms with Crippen LogP contribution < -0.4 is 10.2 Å². The average molecular weight is 399 g/mol. The van der Waals surface area contributed by atoms with E-state index in [1.807, 2.05) is 28.8 Å². The number of rotatable bonds is 6. The molecule has 0 aliphatic carbocycles. The van der Waals surface area contributed by atoms with Crippen LogP contribution in [0.3, 0.4) is 0 Å². The smallest absolute Gasteiger partial charge is 0.253 e. The van der Waals surface area contributed by atoms with Gasteiger partial charge in [-0.15, -0.1) is 0 Å². The third-order valence-corrected chi connectivity index (χ3v) is 5.06. The van der Waals surface area contributed by atoms with Gasteiger partial charge in [-0.3, -0.25) is 19.1 Å². The number of nitrogens with one attached hydrogen (secondary N) is 1. The summed E-state index contributed by atoms with van der Waals surface area (Å²) in [6.07, 6.45) is -0.0130. The number of fused-ring (bicyclic) bond motifs is 3. The number of nitrogens with zero attached hydrogens (tertiary/aromatic N) is 3. The molecule has 0 saturated carbocycles. The summed E-state index contributed by atoms with van der Waals surface area (Å²) in [5.41, 5.74) is 2.12. The Morgan fingerprint density at radius 1 is 1.21 bits per heavy atom. The summed E-state index contributed by atoms with van der Waals surface area (Å²) < 4.78 is 6.96. The molecular formula is C20H19ClN4O3. The Bertz CT molecular complexity index is 1050. The highest BCUT2D eigenvalue weighted by Gasteiger charge is 2.40. The van der Waals surface area contributed by atoms with Crippen LogP contribution >= 0.6 is 11.6 Å². The van der Waals surface area contributed by atoms with Crippen molar-refractivity contribution in [1.82, 2.24) is 9.55 Å². The monoisotopic (exact) mass is 398 g/mol. The third-order valence-electron chi connectivity index (χ3n) is 4.73. The van der Waals surface area contributed by atoms with Gasteiger partial charge in [0, 0.05) is 7.11 Å². The number of ether oxygens (including phenoxy) is 1. The van der Waals surface area contributed by atoms with Crippen LogP contribution in [0.25, 0.3) is 11.0 Å². The second kappa shape index (κ2) is 7.61. The van der Waals surface area contributed by atoms with Crippen LogP contribution in [0.4, 0.5) is 11.6 Å². The molecule has 0 radical (unpaired) electrons. The third kappa shape index (κ3) is 3.23. The second-order valence-corrected chi connectivity index (χ2v) is 6.91. The maximum atomic E-state index is 13.0. The predicted molar refractivity (Wildman–Crippen MR) is 108 cm³/mol. The fraction of sp³-hybridized carbons (Fsp3) is 0.250. The molecule has 2 heterocycles. The Hall–Kier alpha value is -2.90. The van der Waals surface area contributed by atoms with Gasteiger partial charge in [0.05, 0.1) is 41.3 Å². The van der Waals surface area contributed by atoms with Crippen molar-refractivity contribution in [2.45, 2.75) is 12.5 Å². The number of anilines is 2. The fourth-order valence-electron chi connectivity index (χ4n) is 3.43. The molecule has 1 N–H and O–H groups in total. The van der Waals surface area contributed by atoms with E-state index in [0.717, 1.165) is 11.0 Å². The van der Waals surface area contributed by atoms with E-state index >= 15 is 0 Å². The highest BCUT2D eigenvalue weighted by atomic mass is 35.5. The number of aromatic nitrogens is 2. The molecule has 7 nitrogen and oxygen atoms in total. The van der Waals surface area contributed by atoms with E-state index in [2.05, 4.69) is 10.3 Å². The molecule has 0 fully saturated rings. The number of halogens is 1. The number of carbonyl (C=O) groups is 2. The van der Waals surface area contributed by atoms with Gasteiger partial charge in [0.25, 0.3) is 5.91 Å². The molecule has 3 aromatic rings.